The molecule has 0 atom stereocenters. The quantitative estimate of drug-likeness (QED) is 0.920. The molecule has 4 heteroatoms. The van der Waals surface area contributed by atoms with E-state index in [0.29, 0.717) is 0 Å². The SMILES string of the molecule is Cc1nc(CN(C)c2ccc(CO)cc2C)cs1. The molecule has 0 radical (unpaired) electrons. The van der Waals surface area contributed by atoms with Gasteiger partial charge in [-0.3, -0.25) is 0 Å². The Bertz CT molecular complexity index is 536. The maximum atomic E-state index is 9.11. The van der Waals surface area contributed by atoms with Crippen LogP contribution in [0.15, 0.2) is 23.6 Å². The second-order valence-electron chi connectivity index (χ2n) is 4.49. The van der Waals surface area contributed by atoms with E-state index in [2.05, 4.69) is 35.3 Å². The second-order valence-corrected chi connectivity index (χ2v) is 5.56. The van der Waals surface area contributed by atoms with Crippen molar-refractivity contribution in [2.45, 2.75) is 27.0 Å². The number of aliphatic hydroxyl groups excluding tert-OH is 1. The van der Waals surface area contributed by atoms with Crippen molar-refractivity contribution in [2.75, 3.05) is 11.9 Å². The first-order valence-electron chi connectivity index (χ1n) is 5.92. The van der Waals surface area contributed by atoms with E-state index in [0.717, 1.165) is 22.8 Å². The molecule has 0 aliphatic rings. The summed E-state index contributed by atoms with van der Waals surface area (Å²) < 4.78 is 0. The van der Waals surface area contributed by atoms with Crippen molar-refractivity contribution >= 4 is 17.0 Å². The molecule has 0 saturated heterocycles. The number of hydrogen-bond donors (Lipinski definition) is 1. The molecule has 0 aliphatic heterocycles. The Morgan fingerprint density at radius 2 is 2.11 bits per heavy atom. The van der Waals surface area contributed by atoms with Crippen LogP contribution in [0.1, 0.15) is 21.8 Å². The molecule has 0 saturated carbocycles. The summed E-state index contributed by atoms with van der Waals surface area (Å²) >= 11 is 1.68. The molecule has 3 nitrogen and oxygen atoms in total. The first-order valence-corrected chi connectivity index (χ1v) is 6.80. The highest BCUT2D eigenvalue weighted by molar-refractivity contribution is 7.09. The van der Waals surface area contributed by atoms with Crippen LogP contribution in [0.25, 0.3) is 0 Å². The molecule has 1 heterocycles. The molecule has 0 fully saturated rings. The number of anilines is 1. The highest BCUT2D eigenvalue weighted by Crippen LogP contribution is 2.22. The Morgan fingerprint density at radius 1 is 1.33 bits per heavy atom. The van der Waals surface area contributed by atoms with Gasteiger partial charge >= 0.3 is 0 Å². The topological polar surface area (TPSA) is 36.4 Å². The maximum Gasteiger partial charge on any atom is 0.0898 e. The Kier molecular flexibility index (Phi) is 3.99. The number of aryl methyl sites for hydroxylation is 2. The van der Waals surface area contributed by atoms with Crippen LogP contribution >= 0.6 is 11.3 Å². The third-order valence-electron chi connectivity index (χ3n) is 2.92. The van der Waals surface area contributed by atoms with E-state index in [9.17, 15) is 0 Å². The third-order valence-corrected chi connectivity index (χ3v) is 3.74. The largest absolute Gasteiger partial charge is 0.392 e. The number of aliphatic hydroxyl groups is 1. The van der Waals surface area contributed by atoms with E-state index in [1.165, 1.54) is 11.3 Å². The van der Waals surface area contributed by atoms with Crippen molar-refractivity contribution in [1.82, 2.24) is 4.98 Å². The highest BCUT2D eigenvalue weighted by Gasteiger charge is 2.07. The lowest BCUT2D eigenvalue weighted by Crippen LogP contribution is -2.17. The summed E-state index contributed by atoms with van der Waals surface area (Å²) in [6.07, 6.45) is 0. The van der Waals surface area contributed by atoms with Gasteiger partial charge in [-0.05, 0) is 31.0 Å². The summed E-state index contributed by atoms with van der Waals surface area (Å²) in [7, 11) is 2.07. The van der Waals surface area contributed by atoms with Crippen LogP contribution in [0.2, 0.25) is 0 Å². The average molecular weight is 262 g/mol. The van der Waals surface area contributed by atoms with Crippen LogP contribution in [0.3, 0.4) is 0 Å². The first kappa shape index (κ1) is 13.1. The molecule has 96 valence electrons. The van der Waals surface area contributed by atoms with Gasteiger partial charge < -0.3 is 10.0 Å². The normalized spacial score (nSPS) is 10.7. The maximum absolute atomic E-state index is 9.11. The lowest BCUT2D eigenvalue weighted by molar-refractivity contribution is 0.282. The van der Waals surface area contributed by atoms with Gasteiger partial charge in [0, 0.05) is 18.1 Å². The van der Waals surface area contributed by atoms with Gasteiger partial charge in [0.15, 0.2) is 0 Å². The van der Waals surface area contributed by atoms with Crippen LogP contribution in [-0.2, 0) is 13.2 Å². The molecule has 2 aromatic rings. The number of benzene rings is 1. The predicted molar refractivity (Wildman–Crippen MR) is 76.1 cm³/mol. The van der Waals surface area contributed by atoms with Crippen molar-refractivity contribution < 1.29 is 5.11 Å². The van der Waals surface area contributed by atoms with Gasteiger partial charge in [0.05, 0.1) is 23.9 Å². The average Bonchev–Trinajstić information content (AvgIpc) is 2.74. The molecular weight excluding hydrogens is 244 g/mol. The molecule has 0 bridgehead atoms. The molecular formula is C14H18N2OS. The van der Waals surface area contributed by atoms with E-state index >= 15 is 0 Å². The van der Waals surface area contributed by atoms with Crippen molar-refractivity contribution in [3.63, 3.8) is 0 Å². The van der Waals surface area contributed by atoms with Crippen LogP contribution < -0.4 is 4.90 Å². The van der Waals surface area contributed by atoms with E-state index in [1.54, 1.807) is 11.3 Å². The van der Waals surface area contributed by atoms with Gasteiger partial charge in [0.1, 0.15) is 0 Å². The Balaban J connectivity index is 2.15. The number of rotatable bonds is 4. The van der Waals surface area contributed by atoms with E-state index in [4.69, 9.17) is 5.11 Å². The fourth-order valence-electron chi connectivity index (χ4n) is 2.05. The lowest BCUT2D eigenvalue weighted by atomic mass is 10.1. The van der Waals surface area contributed by atoms with Crippen LogP contribution in [-0.4, -0.2) is 17.1 Å². The van der Waals surface area contributed by atoms with Gasteiger partial charge in [0.25, 0.3) is 0 Å². The molecule has 0 aliphatic carbocycles. The zero-order valence-electron chi connectivity index (χ0n) is 11.0. The van der Waals surface area contributed by atoms with Crippen molar-refractivity contribution in [3.8, 4) is 0 Å². The van der Waals surface area contributed by atoms with Gasteiger partial charge in [-0.2, -0.15) is 0 Å². The fraction of sp³-hybridized carbons (Fsp3) is 0.357. The number of hydrogen-bond acceptors (Lipinski definition) is 4. The van der Waals surface area contributed by atoms with E-state index < -0.39 is 0 Å². The summed E-state index contributed by atoms with van der Waals surface area (Å²) in [6, 6.07) is 6.05. The zero-order valence-corrected chi connectivity index (χ0v) is 11.8. The van der Waals surface area contributed by atoms with Crippen LogP contribution in [0.5, 0.6) is 0 Å². The number of nitrogens with zero attached hydrogens (tertiary/aromatic N) is 2. The molecule has 1 N–H and O–H groups in total. The fourth-order valence-corrected chi connectivity index (χ4v) is 2.66. The van der Waals surface area contributed by atoms with Crippen LogP contribution in [0.4, 0.5) is 5.69 Å². The Hall–Kier alpha value is -1.39. The summed E-state index contributed by atoms with van der Waals surface area (Å²) in [5, 5.41) is 12.3. The lowest BCUT2D eigenvalue weighted by Gasteiger charge is -2.21. The zero-order chi connectivity index (χ0) is 13.1. The minimum absolute atomic E-state index is 0.0934. The monoisotopic (exact) mass is 262 g/mol. The molecule has 1 aromatic heterocycles. The van der Waals surface area contributed by atoms with Crippen molar-refractivity contribution in [2.24, 2.45) is 0 Å². The van der Waals surface area contributed by atoms with Crippen molar-refractivity contribution in [1.29, 1.82) is 0 Å². The van der Waals surface area contributed by atoms with Gasteiger partial charge in [-0.15, -0.1) is 11.3 Å². The van der Waals surface area contributed by atoms with E-state index in [1.807, 2.05) is 19.1 Å². The van der Waals surface area contributed by atoms with Crippen molar-refractivity contribution in [3.05, 3.63) is 45.4 Å². The van der Waals surface area contributed by atoms with Gasteiger partial charge in [0.2, 0.25) is 0 Å². The number of thiazole rings is 1. The van der Waals surface area contributed by atoms with Gasteiger partial charge in [-0.1, -0.05) is 12.1 Å². The number of aromatic nitrogens is 1. The predicted octanol–water partition coefficient (Wildman–Crippen LogP) is 2.89. The summed E-state index contributed by atoms with van der Waals surface area (Å²) in [6.45, 7) is 4.99. The van der Waals surface area contributed by atoms with Crippen LogP contribution in [0, 0.1) is 13.8 Å². The van der Waals surface area contributed by atoms with Gasteiger partial charge in [-0.25, -0.2) is 4.98 Å². The molecule has 18 heavy (non-hydrogen) atoms. The summed E-state index contributed by atoms with van der Waals surface area (Å²) in [5.74, 6) is 0. The smallest absolute Gasteiger partial charge is 0.0898 e. The summed E-state index contributed by atoms with van der Waals surface area (Å²) in [4.78, 5) is 6.66. The molecule has 0 spiro atoms. The molecule has 0 unspecified atom stereocenters. The minimum atomic E-state index is 0.0934. The molecule has 2 rings (SSSR count). The first-order chi connectivity index (χ1) is 8.60. The standard InChI is InChI=1S/C14H18N2OS/c1-10-6-12(8-17)4-5-14(10)16(3)7-13-9-18-11(2)15-13/h4-6,9,17H,7-8H2,1-3H3. The second kappa shape index (κ2) is 5.50. The highest BCUT2D eigenvalue weighted by atomic mass is 32.1. The molecule has 1 aromatic carbocycles. The Morgan fingerprint density at radius 3 is 2.67 bits per heavy atom. The van der Waals surface area contributed by atoms with E-state index in [-0.39, 0.29) is 6.61 Å². The molecule has 0 amide bonds. The minimum Gasteiger partial charge on any atom is -0.392 e. The summed E-state index contributed by atoms with van der Waals surface area (Å²) in [5.41, 5.74) is 4.41. The third kappa shape index (κ3) is 2.89. The Labute approximate surface area is 112 Å².